The predicted molar refractivity (Wildman–Crippen MR) is 101 cm³/mol. The molecule has 2 aromatic heterocycles. The van der Waals surface area contributed by atoms with E-state index < -0.39 is 0 Å². The molecule has 1 N–H and O–H groups in total. The van der Waals surface area contributed by atoms with Gasteiger partial charge in [-0.05, 0) is 29.7 Å². The first kappa shape index (κ1) is 17.4. The standard InChI is InChI=1S/C19H19BrN4O/c1-24-13-17(12-23-24)16-8-14(9-21-11-16)10-22-19(25)7-6-15-4-2-3-5-18(15)20/h2-5,8-9,11-13H,6-7,10H2,1H3,(H,22,25). The first-order valence-corrected chi connectivity index (χ1v) is 8.84. The molecular formula is C19H19BrN4O. The van der Waals surface area contributed by atoms with E-state index in [1.165, 1.54) is 0 Å². The van der Waals surface area contributed by atoms with E-state index in [0.29, 0.717) is 19.4 Å². The number of hydrogen-bond acceptors (Lipinski definition) is 3. The number of amides is 1. The summed E-state index contributed by atoms with van der Waals surface area (Å²) < 4.78 is 2.79. The maximum Gasteiger partial charge on any atom is 0.220 e. The second-order valence-corrected chi connectivity index (χ2v) is 6.71. The highest BCUT2D eigenvalue weighted by molar-refractivity contribution is 9.10. The van der Waals surface area contributed by atoms with Gasteiger partial charge in [-0.2, -0.15) is 5.10 Å². The molecule has 0 aliphatic rings. The number of nitrogens with one attached hydrogen (secondary N) is 1. The second-order valence-electron chi connectivity index (χ2n) is 5.85. The summed E-state index contributed by atoms with van der Waals surface area (Å²) in [5.74, 6) is 0.0301. The molecule has 1 amide bonds. The molecule has 5 nitrogen and oxygen atoms in total. The number of carbonyl (C=O) groups excluding carboxylic acids is 1. The van der Waals surface area contributed by atoms with Gasteiger partial charge in [-0.3, -0.25) is 14.5 Å². The van der Waals surface area contributed by atoms with Gasteiger partial charge in [0.15, 0.2) is 0 Å². The minimum Gasteiger partial charge on any atom is -0.352 e. The van der Waals surface area contributed by atoms with Gasteiger partial charge >= 0.3 is 0 Å². The fourth-order valence-corrected chi connectivity index (χ4v) is 3.03. The minimum atomic E-state index is 0.0301. The van der Waals surface area contributed by atoms with Crippen molar-refractivity contribution in [2.24, 2.45) is 7.05 Å². The summed E-state index contributed by atoms with van der Waals surface area (Å²) >= 11 is 3.51. The molecule has 0 saturated carbocycles. The van der Waals surface area contributed by atoms with Crippen molar-refractivity contribution in [1.29, 1.82) is 0 Å². The maximum absolute atomic E-state index is 12.1. The minimum absolute atomic E-state index is 0.0301. The number of halogens is 1. The molecule has 0 radical (unpaired) electrons. The van der Waals surface area contributed by atoms with E-state index >= 15 is 0 Å². The van der Waals surface area contributed by atoms with Gasteiger partial charge in [-0.1, -0.05) is 34.1 Å². The average Bonchev–Trinajstić information content (AvgIpc) is 3.06. The lowest BCUT2D eigenvalue weighted by molar-refractivity contribution is -0.121. The van der Waals surface area contributed by atoms with Crippen LogP contribution in [0.15, 0.2) is 59.6 Å². The Balaban J connectivity index is 1.55. The van der Waals surface area contributed by atoms with Gasteiger partial charge in [0.05, 0.1) is 6.20 Å². The topological polar surface area (TPSA) is 59.8 Å². The lowest BCUT2D eigenvalue weighted by Gasteiger charge is -2.07. The summed E-state index contributed by atoms with van der Waals surface area (Å²) in [5, 5.41) is 7.13. The largest absolute Gasteiger partial charge is 0.352 e. The second kappa shape index (κ2) is 8.07. The van der Waals surface area contributed by atoms with E-state index in [4.69, 9.17) is 0 Å². The highest BCUT2D eigenvalue weighted by Crippen LogP contribution is 2.19. The van der Waals surface area contributed by atoms with Gasteiger partial charge in [-0.25, -0.2) is 0 Å². The Morgan fingerprint density at radius 1 is 1.20 bits per heavy atom. The molecule has 3 rings (SSSR count). The molecule has 0 spiro atoms. The number of carbonyl (C=O) groups is 1. The fourth-order valence-electron chi connectivity index (χ4n) is 2.55. The Bertz CT molecular complexity index is 875. The third kappa shape index (κ3) is 4.76. The predicted octanol–water partition coefficient (Wildman–Crippen LogP) is 3.49. The Morgan fingerprint density at radius 3 is 2.80 bits per heavy atom. The van der Waals surface area contributed by atoms with Gasteiger partial charge in [0.2, 0.25) is 5.91 Å². The van der Waals surface area contributed by atoms with Gasteiger partial charge in [0.1, 0.15) is 0 Å². The molecule has 0 fully saturated rings. The average molecular weight is 399 g/mol. The number of rotatable bonds is 6. The van der Waals surface area contributed by atoms with Gasteiger partial charge in [0, 0.05) is 54.2 Å². The van der Waals surface area contributed by atoms with Crippen molar-refractivity contribution in [1.82, 2.24) is 20.1 Å². The summed E-state index contributed by atoms with van der Waals surface area (Å²) in [6, 6.07) is 9.99. The van der Waals surface area contributed by atoms with E-state index in [1.807, 2.05) is 43.6 Å². The van der Waals surface area contributed by atoms with Crippen LogP contribution in [0.5, 0.6) is 0 Å². The van der Waals surface area contributed by atoms with E-state index in [0.717, 1.165) is 26.7 Å². The van der Waals surface area contributed by atoms with Crippen LogP contribution in [0.3, 0.4) is 0 Å². The maximum atomic E-state index is 12.1. The Kier molecular flexibility index (Phi) is 5.60. The van der Waals surface area contributed by atoms with Crippen LogP contribution in [0.1, 0.15) is 17.5 Å². The summed E-state index contributed by atoms with van der Waals surface area (Å²) in [6.07, 6.45) is 8.48. The number of benzene rings is 1. The van der Waals surface area contributed by atoms with Crippen LogP contribution in [0, 0.1) is 0 Å². The normalized spacial score (nSPS) is 10.6. The van der Waals surface area contributed by atoms with E-state index in [2.05, 4.69) is 31.3 Å². The molecule has 0 aliphatic heterocycles. The SMILES string of the molecule is Cn1cc(-c2cncc(CNC(=O)CCc3ccccc3Br)c2)cn1. The van der Waals surface area contributed by atoms with Crippen molar-refractivity contribution < 1.29 is 4.79 Å². The molecule has 0 aliphatic carbocycles. The van der Waals surface area contributed by atoms with Crippen molar-refractivity contribution in [3.05, 3.63) is 70.7 Å². The molecule has 128 valence electrons. The molecule has 0 saturated heterocycles. The molecule has 0 unspecified atom stereocenters. The molecule has 3 aromatic rings. The Labute approximate surface area is 155 Å². The summed E-state index contributed by atoms with van der Waals surface area (Å²) in [7, 11) is 1.88. The van der Waals surface area contributed by atoms with Gasteiger partial charge in [-0.15, -0.1) is 0 Å². The summed E-state index contributed by atoms with van der Waals surface area (Å²) in [5.41, 5.74) is 4.11. The quantitative estimate of drug-likeness (QED) is 0.690. The van der Waals surface area contributed by atoms with Crippen molar-refractivity contribution in [3.63, 3.8) is 0 Å². The lowest BCUT2D eigenvalue weighted by Crippen LogP contribution is -2.23. The zero-order valence-electron chi connectivity index (χ0n) is 13.9. The third-order valence-electron chi connectivity index (χ3n) is 3.90. The first-order valence-electron chi connectivity index (χ1n) is 8.05. The van der Waals surface area contributed by atoms with Crippen LogP contribution in [0.25, 0.3) is 11.1 Å². The zero-order chi connectivity index (χ0) is 17.6. The van der Waals surface area contributed by atoms with Gasteiger partial charge in [0.25, 0.3) is 0 Å². The van der Waals surface area contributed by atoms with E-state index in [9.17, 15) is 4.79 Å². The number of hydrogen-bond donors (Lipinski definition) is 1. The van der Waals surface area contributed by atoms with Crippen LogP contribution in [0.2, 0.25) is 0 Å². The van der Waals surface area contributed by atoms with Crippen LogP contribution in [-0.2, 0) is 24.8 Å². The third-order valence-corrected chi connectivity index (χ3v) is 4.68. The smallest absolute Gasteiger partial charge is 0.220 e. The Hall–Kier alpha value is -2.47. The molecule has 0 atom stereocenters. The van der Waals surface area contributed by atoms with E-state index in [-0.39, 0.29) is 5.91 Å². The molecule has 2 heterocycles. The highest BCUT2D eigenvalue weighted by Gasteiger charge is 2.06. The summed E-state index contributed by atoms with van der Waals surface area (Å²) in [4.78, 5) is 16.4. The van der Waals surface area contributed by atoms with Gasteiger partial charge < -0.3 is 5.32 Å². The molecular weight excluding hydrogens is 380 g/mol. The van der Waals surface area contributed by atoms with Crippen LogP contribution >= 0.6 is 15.9 Å². The van der Waals surface area contributed by atoms with E-state index in [1.54, 1.807) is 23.3 Å². The van der Waals surface area contributed by atoms with Crippen molar-refractivity contribution in [2.75, 3.05) is 0 Å². The van der Waals surface area contributed by atoms with Crippen LogP contribution < -0.4 is 5.32 Å². The number of nitrogens with zero attached hydrogens (tertiary/aromatic N) is 3. The van der Waals surface area contributed by atoms with Crippen LogP contribution in [-0.4, -0.2) is 20.7 Å². The zero-order valence-corrected chi connectivity index (χ0v) is 15.5. The summed E-state index contributed by atoms with van der Waals surface area (Å²) in [6.45, 7) is 0.468. The molecule has 25 heavy (non-hydrogen) atoms. The number of aromatic nitrogens is 3. The lowest BCUT2D eigenvalue weighted by atomic mass is 10.1. The molecule has 6 heteroatoms. The monoisotopic (exact) mass is 398 g/mol. The van der Waals surface area contributed by atoms with Crippen molar-refractivity contribution >= 4 is 21.8 Å². The van der Waals surface area contributed by atoms with Crippen molar-refractivity contribution in [3.8, 4) is 11.1 Å². The molecule has 0 bridgehead atoms. The van der Waals surface area contributed by atoms with Crippen molar-refractivity contribution in [2.45, 2.75) is 19.4 Å². The first-order chi connectivity index (χ1) is 12.1. The highest BCUT2D eigenvalue weighted by atomic mass is 79.9. The Morgan fingerprint density at radius 2 is 2.04 bits per heavy atom. The fraction of sp³-hybridized carbons (Fsp3) is 0.211. The molecule has 1 aromatic carbocycles. The number of aryl methyl sites for hydroxylation is 2. The number of pyridine rings is 1. The van der Waals surface area contributed by atoms with Crippen LogP contribution in [0.4, 0.5) is 0 Å².